The van der Waals surface area contributed by atoms with Crippen molar-refractivity contribution >= 4 is 22.4 Å². The molecular formula is C15H16N4. The molecule has 0 aliphatic carbocycles. The number of aromatic amines is 1. The molecule has 0 bridgehead atoms. The highest BCUT2D eigenvalue weighted by molar-refractivity contribution is 5.78. The number of nitrogen functional groups attached to an aromatic ring is 1. The average Bonchev–Trinajstić information content (AvgIpc) is 2.88. The molecule has 0 saturated heterocycles. The lowest BCUT2D eigenvalue weighted by Gasteiger charge is -2.19. The quantitative estimate of drug-likeness (QED) is 0.705. The van der Waals surface area contributed by atoms with Crippen LogP contribution in [0.3, 0.4) is 0 Å². The van der Waals surface area contributed by atoms with E-state index in [1.807, 2.05) is 18.2 Å². The van der Waals surface area contributed by atoms with Gasteiger partial charge < -0.3 is 15.6 Å². The summed E-state index contributed by atoms with van der Waals surface area (Å²) in [6.07, 6.45) is 1.72. The lowest BCUT2D eigenvalue weighted by molar-refractivity contribution is 0.924. The highest BCUT2D eigenvalue weighted by Gasteiger charge is 2.04. The van der Waals surface area contributed by atoms with Crippen molar-refractivity contribution in [3.63, 3.8) is 0 Å². The van der Waals surface area contributed by atoms with Crippen molar-refractivity contribution in [1.29, 1.82) is 0 Å². The Kier molecular flexibility index (Phi) is 2.83. The summed E-state index contributed by atoms with van der Waals surface area (Å²) in [5.41, 5.74) is 10.9. The first-order valence-corrected chi connectivity index (χ1v) is 6.21. The van der Waals surface area contributed by atoms with Crippen LogP contribution in [0.2, 0.25) is 0 Å². The molecule has 4 heteroatoms. The summed E-state index contributed by atoms with van der Waals surface area (Å²) in [4.78, 5) is 9.56. The van der Waals surface area contributed by atoms with Crippen LogP contribution in [-0.2, 0) is 6.54 Å². The standard InChI is InChI=1S/C15H16N4/c1-19(9-11-2-4-12(16)5-3-11)13-6-7-14-15(8-13)18-10-17-14/h2-8,10H,9,16H2,1H3,(H,17,18). The zero-order valence-electron chi connectivity index (χ0n) is 10.8. The molecule has 3 N–H and O–H groups in total. The van der Waals surface area contributed by atoms with E-state index >= 15 is 0 Å². The number of H-pyrrole nitrogens is 1. The van der Waals surface area contributed by atoms with Crippen molar-refractivity contribution in [3.05, 3.63) is 54.4 Å². The minimum atomic E-state index is 0.797. The molecule has 3 rings (SSSR count). The Morgan fingerprint density at radius 3 is 2.74 bits per heavy atom. The highest BCUT2D eigenvalue weighted by atomic mass is 15.1. The van der Waals surface area contributed by atoms with Gasteiger partial charge in [0.15, 0.2) is 0 Å². The first-order chi connectivity index (χ1) is 9.22. The van der Waals surface area contributed by atoms with E-state index in [9.17, 15) is 0 Å². The highest BCUT2D eigenvalue weighted by Crippen LogP contribution is 2.20. The second-order valence-electron chi connectivity index (χ2n) is 4.70. The summed E-state index contributed by atoms with van der Waals surface area (Å²) in [5, 5.41) is 0. The second-order valence-corrected chi connectivity index (χ2v) is 4.70. The minimum Gasteiger partial charge on any atom is -0.399 e. The van der Waals surface area contributed by atoms with E-state index in [-0.39, 0.29) is 0 Å². The summed E-state index contributed by atoms with van der Waals surface area (Å²) in [5.74, 6) is 0. The van der Waals surface area contributed by atoms with Crippen LogP contribution < -0.4 is 10.6 Å². The number of imidazole rings is 1. The molecule has 0 radical (unpaired) electrons. The van der Waals surface area contributed by atoms with Gasteiger partial charge in [-0.05, 0) is 35.9 Å². The number of nitrogens with two attached hydrogens (primary N) is 1. The first kappa shape index (κ1) is 11.6. The summed E-state index contributed by atoms with van der Waals surface area (Å²) in [6.45, 7) is 0.847. The number of benzene rings is 2. The van der Waals surface area contributed by atoms with Gasteiger partial charge in [-0.25, -0.2) is 4.98 Å². The molecule has 1 heterocycles. The topological polar surface area (TPSA) is 57.9 Å². The number of hydrogen-bond acceptors (Lipinski definition) is 3. The third-order valence-electron chi connectivity index (χ3n) is 3.24. The number of rotatable bonds is 3. The van der Waals surface area contributed by atoms with Gasteiger partial charge >= 0.3 is 0 Å². The molecule has 0 saturated carbocycles. The van der Waals surface area contributed by atoms with Crippen molar-refractivity contribution in [1.82, 2.24) is 9.97 Å². The number of nitrogens with zero attached hydrogens (tertiary/aromatic N) is 2. The number of anilines is 2. The maximum atomic E-state index is 5.69. The molecule has 0 amide bonds. The first-order valence-electron chi connectivity index (χ1n) is 6.21. The van der Waals surface area contributed by atoms with E-state index in [2.05, 4.69) is 46.2 Å². The fourth-order valence-corrected chi connectivity index (χ4v) is 2.15. The lowest BCUT2D eigenvalue weighted by Crippen LogP contribution is -2.16. The van der Waals surface area contributed by atoms with Crippen LogP contribution in [0.25, 0.3) is 11.0 Å². The van der Waals surface area contributed by atoms with Crippen molar-refractivity contribution in [2.75, 3.05) is 17.7 Å². The third kappa shape index (κ3) is 2.38. The van der Waals surface area contributed by atoms with Crippen LogP contribution in [0.5, 0.6) is 0 Å². The Balaban J connectivity index is 1.82. The molecule has 0 aliphatic rings. The number of hydrogen-bond donors (Lipinski definition) is 2. The number of aromatic nitrogens is 2. The average molecular weight is 252 g/mol. The second kappa shape index (κ2) is 4.65. The van der Waals surface area contributed by atoms with Crippen molar-refractivity contribution in [2.24, 2.45) is 0 Å². The Labute approximate surface area is 111 Å². The van der Waals surface area contributed by atoms with Crippen LogP contribution >= 0.6 is 0 Å². The van der Waals surface area contributed by atoms with Crippen LogP contribution in [-0.4, -0.2) is 17.0 Å². The number of fused-ring (bicyclic) bond motifs is 1. The van der Waals surface area contributed by atoms with Gasteiger partial charge in [0.1, 0.15) is 0 Å². The third-order valence-corrected chi connectivity index (χ3v) is 3.24. The SMILES string of the molecule is CN(Cc1ccc(N)cc1)c1ccc2nc[nH]c2c1. The van der Waals surface area contributed by atoms with Crippen LogP contribution in [0.1, 0.15) is 5.56 Å². The smallest absolute Gasteiger partial charge is 0.0931 e. The van der Waals surface area contributed by atoms with Gasteiger partial charge in [-0.2, -0.15) is 0 Å². The van der Waals surface area contributed by atoms with Gasteiger partial charge in [0.25, 0.3) is 0 Å². The maximum absolute atomic E-state index is 5.69. The normalized spacial score (nSPS) is 10.8. The van der Waals surface area contributed by atoms with Gasteiger partial charge in [-0.15, -0.1) is 0 Å². The zero-order valence-corrected chi connectivity index (χ0v) is 10.8. The van der Waals surface area contributed by atoms with E-state index in [1.165, 1.54) is 5.56 Å². The molecule has 0 aliphatic heterocycles. The van der Waals surface area contributed by atoms with Gasteiger partial charge in [-0.1, -0.05) is 12.1 Å². The van der Waals surface area contributed by atoms with E-state index < -0.39 is 0 Å². The fraction of sp³-hybridized carbons (Fsp3) is 0.133. The molecule has 0 unspecified atom stereocenters. The van der Waals surface area contributed by atoms with Crippen LogP contribution in [0.4, 0.5) is 11.4 Å². The molecule has 19 heavy (non-hydrogen) atoms. The monoisotopic (exact) mass is 252 g/mol. The largest absolute Gasteiger partial charge is 0.399 e. The molecule has 4 nitrogen and oxygen atoms in total. The Bertz CT molecular complexity index is 685. The Morgan fingerprint density at radius 2 is 1.95 bits per heavy atom. The summed E-state index contributed by atoms with van der Waals surface area (Å²) < 4.78 is 0. The van der Waals surface area contributed by atoms with Gasteiger partial charge in [0, 0.05) is 25.0 Å². The minimum absolute atomic E-state index is 0.797. The molecule has 1 aromatic heterocycles. The summed E-state index contributed by atoms with van der Waals surface area (Å²) in [7, 11) is 2.08. The molecule has 2 aromatic carbocycles. The number of nitrogens with one attached hydrogen (secondary N) is 1. The molecule has 0 fully saturated rings. The molecule has 0 atom stereocenters. The van der Waals surface area contributed by atoms with Gasteiger partial charge in [0.2, 0.25) is 0 Å². The van der Waals surface area contributed by atoms with Gasteiger partial charge in [0.05, 0.1) is 17.4 Å². The predicted molar refractivity (Wildman–Crippen MR) is 79.1 cm³/mol. The fourth-order valence-electron chi connectivity index (χ4n) is 2.15. The molecule has 3 aromatic rings. The Morgan fingerprint density at radius 1 is 1.16 bits per heavy atom. The van der Waals surface area contributed by atoms with Crippen molar-refractivity contribution < 1.29 is 0 Å². The van der Waals surface area contributed by atoms with E-state index in [1.54, 1.807) is 6.33 Å². The molecular weight excluding hydrogens is 236 g/mol. The maximum Gasteiger partial charge on any atom is 0.0931 e. The van der Waals surface area contributed by atoms with E-state index in [0.717, 1.165) is 29.0 Å². The van der Waals surface area contributed by atoms with Crippen LogP contribution in [0.15, 0.2) is 48.8 Å². The van der Waals surface area contributed by atoms with Crippen molar-refractivity contribution in [2.45, 2.75) is 6.54 Å². The molecule has 0 spiro atoms. The Hall–Kier alpha value is -2.49. The zero-order chi connectivity index (χ0) is 13.2. The van der Waals surface area contributed by atoms with Gasteiger partial charge in [-0.3, -0.25) is 0 Å². The predicted octanol–water partition coefficient (Wildman–Crippen LogP) is 2.78. The molecule has 96 valence electrons. The lowest BCUT2D eigenvalue weighted by atomic mass is 10.2. The van der Waals surface area contributed by atoms with Crippen molar-refractivity contribution in [3.8, 4) is 0 Å². The summed E-state index contributed by atoms with van der Waals surface area (Å²) in [6, 6.07) is 14.2. The summed E-state index contributed by atoms with van der Waals surface area (Å²) >= 11 is 0. The van der Waals surface area contributed by atoms with Crippen LogP contribution in [0, 0.1) is 0 Å². The van der Waals surface area contributed by atoms with E-state index in [0.29, 0.717) is 0 Å². The van der Waals surface area contributed by atoms with E-state index in [4.69, 9.17) is 5.73 Å².